The first-order valence-electron chi connectivity index (χ1n) is 8.84. The van der Waals surface area contributed by atoms with E-state index in [4.69, 9.17) is 5.11 Å². The molecule has 1 saturated carbocycles. The SMILES string of the molecule is Cc1c(-c2ccc(C(=O)NC3CCCCC3)cc2)ccn(C(=O)O)c1=O. The van der Waals surface area contributed by atoms with E-state index >= 15 is 0 Å². The Hall–Kier alpha value is -2.89. The van der Waals surface area contributed by atoms with Crippen LogP contribution in [0, 0.1) is 6.92 Å². The number of pyridine rings is 1. The zero-order valence-corrected chi connectivity index (χ0v) is 14.7. The number of carbonyl (C=O) groups excluding carboxylic acids is 1. The molecule has 1 aromatic carbocycles. The maximum absolute atomic E-state index is 12.4. The lowest BCUT2D eigenvalue weighted by Gasteiger charge is -2.22. The fraction of sp³-hybridized carbons (Fsp3) is 0.350. The van der Waals surface area contributed by atoms with Crippen LogP contribution in [0.5, 0.6) is 0 Å². The number of rotatable bonds is 3. The maximum atomic E-state index is 12.4. The Morgan fingerprint density at radius 2 is 1.73 bits per heavy atom. The van der Waals surface area contributed by atoms with E-state index in [0.29, 0.717) is 21.3 Å². The summed E-state index contributed by atoms with van der Waals surface area (Å²) in [7, 11) is 0. The fourth-order valence-corrected chi connectivity index (χ4v) is 3.42. The van der Waals surface area contributed by atoms with Crippen LogP contribution >= 0.6 is 0 Å². The Kier molecular flexibility index (Phi) is 5.21. The van der Waals surface area contributed by atoms with Crippen LogP contribution in [-0.2, 0) is 0 Å². The van der Waals surface area contributed by atoms with Gasteiger partial charge in [0, 0.05) is 23.4 Å². The molecule has 2 aromatic rings. The van der Waals surface area contributed by atoms with Crippen molar-refractivity contribution < 1.29 is 14.7 Å². The third-order valence-corrected chi connectivity index (χ3v) is 4.94. The number of amides is 1. The van der Waals surface area contributed by atoms with E-state index in [2.05, 4.69) is 5.32 Å². The fourth-order valence-electron chi connectivity index (χ4n) is 3.42. The summed E-state index contributed by atoms with van der Waals surface area (Å²) in [4.78, 5) is 35.5. The predicted molar refractivity (Wildman–Crippen MR) is 98.6 cm³/mol. The van der Waals surface area contributed by atoms with Gasteiger partial charge in [0.1, 0.15) is 0 Å². The summed E-state index contributed by atoms with van der Waals surface area (Å²) in [5.74, 6) is -0.0820. The molecule has 1 heterocycles. The van der Waals surface area contributed by atoms with E-state index in [1.165, 1.54) is 12.6 Å². The van der Waals surface area contributed by atoms with Crippen molar-refractivity contribution in [1.29, 1.82) is 0 Å². The Morgan fingerprint density at radius 1 is 1.08 bits per heavy atom. The molecule has 1 fully saturated rings. The molecule has 136 valence electrons. The highest BCUT2D eigenvalue weighted by Gasteiger charge is 2.17. The summed E-state index contributed by atoms with van der Waals surface area (Å²) < 4.78 is 0.658. The van der Waals surface area contributed by atoms with Gasteiger partial charge in [-0.1, -0.05) is 31.4 Å². The Morgan fingerprint density at radius 3 is 2.35 bits per heavy atom. The molecule has 0 bridgehead atoms. The average molecular weight is 354 g/mol. The summed E-state index contributed by atoms with van der Waals surface area (Å²) in [5, 5.41) is 12.1. The quantitative estimate of drug-likeness (QED) is 0.884. The van der Waals surface area contributed by atoms with Crippen LogP contribution < -0.4 is 10.9 Å². The first-order valence-corrected chi connectivity index (χ1v) is 8.84. The van der Waals surface area contributed by atoms with Crippen LogP contribution in [0.4, 0.5) is 4.79 Å². The third-order valence-electron chi connectivity index (χ3n) is 4.94. The van der Waals surface area contributed by atoms with Crippen LogP contribution in [-0.4, -0.2) is 27.7 Å². The molecule has 0 saturated heterocycles. The van der Waals surface area contributed by atoms with Crippen molar-refractivity contribution >= 4 is 12.0 Å². The molecule has 0 radical (unpaired) electrons. The van der Waals surface area contributed by atoms with Crippen LogP contribution in [0.15, 0.2) is 41.3 Å². The minimum Gasteiger partial charge on any atom is -0.464 e. The Labute approximate surface area is 151 Å². The van der Waals surface area contributed by atoms with E-state index in [1.54, 1.807) is 37.3 Å². The molecule has 0 unspecified atom stereocenters. The molecule has 1 amide bonds. The Balaban J connectivity index is 1.79. The zero-order valence-electron chi connectivity index (χ0n) is 14.7. The third kappa shape index (κ3) is 3.69. The number of carbonyl (C=O) groups is 2. The molecule has 1 aromatic heterocycles. The highest BCUT2D eigenvalue weighted by Crippen LogP contribution is 2.22. The van der Waals surface area contributed by atoms with Gasteiger partial charge in [-0.2, -0.15) is 0 Å². The topological polar surface area (TPSA) is 88.4 Å². The largest absolute Gasteiger partial charge is 0.464 e. The van der Waals surface area contributed by atoms with Crippen molar-refractivity contribution in [2.24, 2.45) is 0 Å². The number of benzene rings is 1. The molecule has 0 spiro atoms. The number of nitrogens with one attached hydrogen (secondary N) is 1. The molecule has 1 aliphatic rings. The van der Waals surface area contributed by atoms with Crippen molar-refractivity contribution in [2.45, 2.75) is 45.1 Å². The van der Waals surface area contributed by atoms with Crippen molar-refractivity contribution in [3.8, 4) is 11.1 Å². The molecule has 0 aliphatic heterocycles. The lowest BCUT2D eigenvalue weighted by Crippen LogP contribution is -2.36. The average Bonchev–Trinajstić information content (AvgIpc) is 2.64. The molecule has 1 aliphatic carbocycles. The first kappa shape index (κ1) is 17.9. The van der Waals surface area contributed by atoms with Gasteiger partial charge in [-0.05, 0) is 49.1 Å². The van der Waals surface area contributed by atoms with Crippen molar-refractivity contribution in [3.05, 3.63) is 58.0 Å². The first-order chi connectivity index (χ1) is 12.5. The smallest absolute Gasteiger partial charge is 0.418 e. The van der Waals surface area contributed by atoms with Crippen molar-refractivity contribution in [2.75, 3.05) is 0 Å². The summed E-state index contributed by atoms with van der Waals surface area (Å²) >= 11 is 0. The second kappa shape index (κ2) is 7.56. The number of hydrogen-bond donors (Lipinski definition) is 2. The van der Waals surface area contributed by atoms with Gasteiger partial charge >= 0.3 is 6.09 Å². The molecule has 2 N–H and O–H groups in total. The van der Waals surface area contributed by atoms with E-state index in [9.17, 15) is 14.4 Å². The highest BCUT2D eigenvalue weighted by molar-refractivity contribution is 5.95. The number of carboxylic acid groups (broad SMARTS) is 1. The summed E-state index contributed by atoms with van der Waals surface area (Å²) in [6.45, 7) is 1.60. The van der Waals surface area contributed by atoms with Gasteiger partial charge in [0.05, 0.1) is 0 Å². The minimum absolute atomic E-state index is 0.0820. The number of nitrogens with zero attached hydrogens (tertiary/aromatic N) is 1. The van der Waals surface area contributed by atoms with Gasteiger partial charge < -0.3 is 10.4 Å². The summed E-state index contributed by atoms with van der Waals surface area (Å²) in [5.41, 5.74) is 1.80. The van der Waals surface area contributed by atoms with Crippen molar-refractivity contribution in [1.82, 2.24) is 9.88 Å². The van der Waals surface area contributed by atoms with Crippen LogP contribution in [0.25, 0.3) is 11.1 Å². The molecule has 6 nitrogen and oxygen atoms in total. The molecule has 0 atom stereocenters. The molecule has 26 heavy (non-hydrogen) atoms. The van der Waals surface area contributed by atoms with E-state index in [0.717, 1.165) is 31.2 Å². The van der Waals surface area contributed by atoms with Crippen LogP contribution in [0.1, 0.15) is 48.0 Å². The lowest BCUT2D eigenvalue weighted by atomic mass is 9.95. The molecular weight excluding hydrogens is 332 g/mol. The second-order valence-electron chi connectivity index (χ2n) is 6.70. The van der Waals surface area contributed by atoms with Gasteiger partial charge in [0.15, 0.2) is 0 Å². The second-order valence-corrected chi connectivity index (χ2v) is 6.70. The van der Waals surface area contributed by atoms with E-state index in [1.807, 2.05) is 0 Å². The molecular formula is C20H22N2O4. The van der Waals surface area contributed by atoms with Gasteiger partial charge in [-0.25, -0.2) is 9.36 Å². The van der Waals surface area contributed by atoms with Gasteiger partial charge in [0.2, 0.25) is 0 Å². The van der Waals surface area contributed by atoms with Crippen molar-refractivity contribution in [3.63, 3.8) is 0 Å². The Bertz CT molecular complexity index is 878. The maximum Gasteiger partial charge on any atom is 0.418 e. The van der Waals surface area contributed by atoms with E-state index < -0.39 is 11.7 Å². The molecule has 6 heteroatoms. The van der Waals surface area contributed by atoms with Crippen LogP contribution in [0.2, 0.25) is 0 Å². The standard InChI is InChI=1S/C20H22N2O4/c1-13-17(11-12-22(19(13)24)20(25)26)14-7-9-15(10-8-14)18(23)21-16-5-3-2-4-6-16/h7-12,16H,2-6H2,1H3,(H,21,23)(H,25,26). The number of aromatic nitrogens is 1. The highest BCUT2D eigenvalue weighted by atomic mass is 16.4. The predicted octanol–water partition coefficient (Wildman–Crippen LogP) is 3.41. The van der Waals surface area contributed by atoms with Gasteiger partial charge in [-0.15, -0.1) is 0 Å². The lowest BCUT2D eigenvalue weighted by molar-refractivity contribution is 0.0927. The normalized spacial score (nSPS) is 14.8. The zero-order chi connectivity index (χ0) is 18.7. The summed E-state index contributed by atoms with van der Waals surface area (Å²) in [6, 6.07) is 8.88. The van der Waals surface area contributed by atoms with Gasteiger partial charge in [0.25, 0.3) is 11.5 Å². The minimum atomic E-state index is -1.31. The van der Waals surface area contributed by atoms with Crippen LogP contribution in [0.3, 0.4) is 0 Å². The van der Waals surface area contributed by atoms with Gasteiger partial charge in [-0.3, -0.25) is 9.59 Å². The van der Waals surface area contributed by atoms with E-state index in [-0.39, 0.29) is 11.9 Å². The monoisotopic (exact) mass is 354 g/mol. The molecule has 3 rings (SSSR count). The number of hydrogen-bond acceptors (Lipinski definition) is 3. The summed E-state index contributed by atoms with van der Waals surface area (Å²) in [6.07, 6.45) is 5.55.